The Hall–Kier alpha value is -4.67. The Bertz CT molecular complexity index is 1570. The zero-order valence-electron chi connectivity index (χ0n) is 24.3. The highest BCUT2D eigenvalue weighted by Gasteiger charge is 2.38. The van der Waals surface area contributed by atoms with Gasteiger partial charge in [-0.3, -0.25) is 14.3 Å². The fourth-order valence-corrected chi connectivity index (χ4v) is 5.20. The van der Waals surface area contributed by atoms with Crippen molar-refractivity contribution >= 4 is 33.5 Å². The van der Waals surface area contributed by atoms with Gasteiger partial charge in [-0.15, -0.1) is 0 Å². The summed E-state index contributed by atoms with van der Waals surface area (Å²) in [6.07, 6.45) is -3.18. The third-order valence-corrected chi connectivity index (χ3v) is 7.98. The van der Waals surface area contributed by atoms with Crippen LogP contribution in [0.25, 0.3) is 0 Å². The summed E-state index contributed by atoms with van der Waals surface area (Å²) in [5.41, 5.74) is 0.399. The molecule has 0 saturated carbocycles. The molecule has 1 saturated heterocycles. The minimum atomic E-state index is -5.08. The topological polar surface area (TPSA) is 183 Å². The summed E-state index contributed by atoms with van der Waals surface area (Å²) in [6, 6.07) is 19.8. The minimum Gasteiger partial charge on any atom is -0.475 e. The Balaban J connectivity index is 0.000000738. The van der Waals surface area contributed by atoms with E-state index < -0.39 is 46.6 Å². The third kappa shape index (κ3) is 11.0. The van der Waals surface area contributed by atoms with E-state index in [1.165, 1.54) is 24.3 Å². The van der Waals surface area contributed by atoms with Crippen LogP contribution in [-0.4, -0.2) is 74.9 Å². The Morgan fingerprint density at radius 3 is 2.11 bits per heavy atom. The number of para-hydroxylation sites is 3. The smallest absolute Gasteiger partial charge is 0.475 e. The van der Waals surface area contributed by atoms with Crippen molar-refractivity contribution in [2.24, 2.45) is 5.92 Å². The molecule has 1 atom stereocenters. The van der Waals surface area contributed by atoms with Crippen molar-refractivity contribution in [3.05, 3.63) is 84.4 Å². The largest absolute Gasteiger partial charge is 0.490 e. The SMILES string of the molecule is O=C(N[C@@H](CO)C(=O)NCC1CCNCC1)c1ccc(S(=O)(=O)Nc2ccccc2Oc2ccccc2)cc1.O=C(O)C(F)(F)F. The van der Waals surface area contributed by atoms with Crippen molar-refractivity contribution in [1.82, 2.24) is 16.0 Å². The second-order valence-corrected chi connectivity index (χ2v) is 11.7. The zero-order chi connectivity index (χ0) is 33.7. The second-order valence-electron chi connectivity index (χ2n) is 9.99. The van der Waals surface area contributed by atoms with Gasteiger partial charge in [0, 0.05) is 12.1 Å². The number of aliphatic hydroxyl groups excluding tert-OH is 1. The average Bonchev–Trinajstić information content (AvgIpc) is 3.04. The molecule has 12 nitrogen and oxygen atoms in total. The van der Waals surface area contributed by atoms with E-state index in [4.69, 9.17) is 14.6 Å². The quantitative estimate of drug-likeness (QED) is 0.179. The second kappa shape index (κ2) is 16.6. The van der Waals surface area contributed by atoms with Crippen LogP contribution in [0.4, 0.5) is 18.9 Å². The van der Waals surface area contributed by atoms with E-state index in [0.29, 0.717) is 24.0 Å². The lowest BCUT2D eigenvalue weighted by atomic mass is 9.98. The summed E-state index contributed by atoms with van der Waals surface area (Å²) >= 11 is 0. The predicted octanol–water partition coefficient (Wildman–Crippen LogP) is 3.12. The van der Waals surface area contributed by atoms with E-state index in [-0.39, 0.29) is 16.1 Å². The first-order valence-corrected chi connectivity index (χ1v) is 15.4. The van der Waals surface area contributed by atoms with E-state index >= 15 is 0 Å². The van der Waals surface area contributed by atoms with Gasteiger partial charge in [-0.2, -0.15) is 13.2 Å². The molecule has 0 spiro atoms. The van der Waals surface area contributed by atoms with Gasteiger partial charge in [-0.1, -0.05) is 30.3 Å². The highest BCUT2D eigenvalue weighted by molar-refractivity contribution is 7.92. The number of amides is 2. The van der Waals surface area contributed by atoms with Crippen molar-refractivity contribution in [3.8, 4) is 11.5 Å². The lowest BCUT2D eigenvalue weighted by Gasteiger charge is -2.24. The van der Waals surface area contributed by atoms with Crippen LogP contribution >= 0.6 is 0 Å². The standard InChI is InChI=1S/C28H32N4O6S.C2HF3O2/c33-19-25(28(35)30-18-20-14-16-29-17-15-20)31-27(34)21-10-12-23(13-11-21)39(36,37)32-24-8-4-5-9-26(24)38-22-6-2-1-3-7-22;3-2(4,5)1(6)7/h1-13,20,25,29,32-33H,14-19H2,(H,30,35)(H,31,34);(H,6,7)/t25-;/m0./s1. The summed E-state index contributed by atoms with van der Waals surface area (Å²) in [6.45, 7) is 1.71. The van der Waals surface area contributed by atoms with Gasteiger partial charge in [0.05, 0.1) is 17.2 Å². The number of rotatable bonds is 11. The molecule has 0 aromatic heterocycles. The monoisotopic (exact) mass is 666 g/mol. The third-order valence-electron chi connectivity index (χ3n) is 6.60. The summed E-state index contributed by atoms with van der Waals surface area (Å²) in [5, 5.41) is 25.3. The number of aliphatic carboxylic acids is 1. The van der Waals surface area contributed by atoms with Crippen LogP contribution in [0.5, 0.6) is 11.5 Å². The number of piperidine rings is 1. The van der Waals surface area contributed by atoms with E-state index in [0.717, 1.165) is 25.9 Å². The molecule has 1 aliphatic heterocycles. The maximum Gasteiger partial charge on any atom is 0.490 e. The molecule has 0 bridgehead atoms. The number of nitrogens with one attached hydrogen (secondary N) is 4. The van der Waals surface area contributed by atoms with Gasteiger partial charge in [0.2, 0.25) is 5.91 Å². The van der Waals surface area contributed by atoms with E-state index in [1.807, 2.05) is 18.2 Å². The molecule has 0 radical (unpaired) electrons. The molecule has 4 rings (SSSR count). The van der Waals surface area contributed by atoms with Crippen LogP contribution in [0.3, 0.4) is 0 Å². The summed E-state index contributed by atoms with van der Waals surface area (Å²) in [7, 11) is -4.00. The maximum absolute atomic E-state index is 13.0. The van der Waals surface area contributed by atoms with Gasteiger partial charge in [-0.25, -0.2) is 13.2 Å². The van der Waals surface area contributed by atoms with Crippen molar-refractivity contribution < 1.29 is 50.9 Å². The molecule has 1 heterocycles. The van der Waals surface area contributed by atoms with Crippen LogP contribution in [0.2, 0.25) is 0 Å². The number of carboxylic acids is 1. The Kier molecular flexibility index (Phi) is 12.9. The number of alkyl halides is 3. The van der Waals surface area contributed by atoms with Gasteiger partial charge in [-0.05, 0) is 80.4 Å². The number of hydrogen-bond donors (Lipinski definition) is 6. The van der Waals surface area contributed by atoms with Gasteiger partial charge >= 0.3 is 12.1 Å². The summed E-state index contributed by atoms with van der Waals surface area (Å²) in [4.78, 5) is 34.0. The van der Waals surface area contributed by atoms with Crippen LogP contribution in [-0.2, 0) is 19.6 Å². The van der Waals surface area contributed by atoms with Gasteiger partial charge < -0.3 is 30.9 Å². The van der Waals surface area contributed by atoms with Crippen LogP contribution in [0.15, 0.2) is 83.8 Å². The first-order valence-electron chi connectivity index (χ1n) is 13.9. The normalized spacial score (nSPS) is 14.2. The summed E-state index contributed by atoms with van der Waals surface area (Å²) in [5.74, 6) is -2.59. The molecule has 1 fully saturated rings. The Morgan fingerprint density at radius 2 is 1.52 bits per heavy atom. The number of anilines is 1. The van der Waals surface area contributed by atoms with Crippen molar-refractivity contribution in [2.45, 2.75) is 30.0 Å². The molecule has 0 unspecified atom stereocenters. The number of benzene rings is 3. The molecule has 46 heavy (non-hydrogen) atoms. The number of ether oxygens (including phenoxy) is 1. The number of carboxylic acid groups (broad SMARTS) is 1. The number of halogens is 3. The number of carbonyl (C=O) groups excluding carboxylic acids is 2. The number of carbonyl (C=O) groups is 3. The minimum absolute atomic E-state index is 0.0630. The molecule has 2 amide bonds. The van der Waals surface area contributed by atoms with Gasteiger partial charge in [0.25, 0.3) is 15.9 Å². The predicted molar refractivity (Wildman–Crippen MR) is 161 cm³/mol. The van der Waals surface area contributed by atoms with Crippen LogP contribution in [0.1, 0.15) is 23.2 Å². The molecular weight excluding hydrogens is 633 g/mol. The van der Waals surface area contributed by atoms with Crippen LogP contribution < -0.4 is 25.4 Å². The fourth-order valence-electron chi connectivity index (χ4n) is 4.13. The lowest BCUT2D eigenvalue weighted by Crippen LogP contribution is -2.50. The van der Waals surface area contributed by atoms with E-state index in [2.05, 4.69) is 20.7 Å². The Morgan fingerprint density at radius 1 is 0.935 bits per heavy atom. The molecule has 6 N–H and O–H groups in total. The van der Waals surface area contributed by atoms with Crippen LogP contribution in [0, 0.1) is 5.92 Å². The highest BCUT2D eigenvalue weighted by atomic mass is 32.2. The molecule has 3 aromatic rings. The first kappa shape index (κ1) is 35.8. The molecule has 0 aliphatic carbocycles. The molecular formula is C30H33F3N4O8S. The highest BCUT2D eigenvalue weighted by Crippen LogP contribution is 2.31. The maximum atomic E-state index is 13.0. The Labute approximate surface area is 263 Å². The van der Waals surface area contributed by atoms with Gasteiger partial charge in [0.1, 0.15) is 11.8 Å². The number of sulfonamides is 1. The first-order chi connectivity index (χ1) is 21.8. The van der Waals surface area contributed by atoms with E-state index in [9.17, 15) is 36.3 Å². The van der Waals surface area contributed by atoms with Crippen molar-refractivity contribution in [1.29, 1.82) is 0 Å². The molecule has 16 heteroatoms. The number of aliphatic hydroxyl groups is 1. The molecule has 3 aromatic carbocycles. The average molecular weight is 667 g/mol. The lowest BCUT2D eigenvalue weighted by molar-refractivity contribution is -0.192. The summed E-state index contributed by atoms with van der Waals surface area (Å²) < 4.78 is 66.2. The van der Waals surface area contributed by atoms with Crippen molar-refractivity contribution in [3.63, 3.8) is 0 Å². The zero-order valence-corrected chi connectivity index (χ0v) is 25.1. The number of hydrogen-bond acceptors (Lipinski definition) is 8. The van der Waals surface area contributed by atoms with Crippen molar-refractivity contribution in [2.75, 3.05) is 31.0 Å². The molecule has 248 valence electrons. The van der Waals surface area contributed by atoms with Gasteiger partial charge in [0.15, 0.2) is 5.75 Å². The van der Waals surface area contributed by atoms with E-state index in [1.54, 1.807) is 36.4 Å². The molecule has 1 aliphatic rings. The fraction of sp³-hybridized carbons (Fsp3) is 0.300.